The number of aliphatic imine (C=N–C) groups is 1. The van der Waals surface area contributed by atoms with Crippen molar-refractivity contribution < 1.29 is 4.79 Å². The van der Waals surface area contributed by atoms with E-state index in [1.165, 1.54) is 0 Å². The van der Waals surface area contributed by atoms with Crippen LogP contribution in [-0.4, -0.2) is 47.1 Å². The number of benzene rings is 1. The SMILES string of the molecule is C/N=C(/N)c1c(-c2ccc(C)cc2)nn(C(C)(C)CNC(=O)c2ccc(C)cn2)c1NC. The number of nitrogens with two attached hydrogens (primary N) is 1. The first-order valence-corrected chi connectivity index (χ1v) is 10.5. The van der Waals surface area contributed by atoms with Gasteiger partial charge in [0.2, 0.25) is 0 Å². The maximum atomic E-state index is 12.6. The molecule has 1 aromatic carbocycles. The fraction of sp³-hybridized carbons (Fsp3) is 0.333. The quantitative estimate of drug-likeness (QED) is 0.392. The minimum absolute atomic E-state index is 0.232. The summed E-state index contributed by atoms with van der Waals surface area (Å²) < 4.78 is 1.86. The zero-order chi connectivity index (χ0) is 23.5. The number of aryl methyl sites for hydroxylation is 2. The Morgan fingerprint density at radius 2 is 1.78 bits per heavy atom. The normalized spacial score (nSPS) is 12.0. The van der Waals surface area contributed by atoms with E-state index in [1.54, 1.807) is 19.3 Å². The molecule has 3 rings (SSSR count). The minimum atomic E-state index is -0.565. The molecular weight excluding hydrogens is 402 g/mol. The van der Waals surface area contributed by atoms with Crippen LogP contribution in [-0.2, 0) is 5.54 Å². The standard InChI is InChI=1S/C24H31N7O/c1-15-7-10-17(11-8-15)20-19(21(25)26-5)22(27-6)31(30-20)24(3,4)14-29-23(32)18-12-9-16(2)13-28-18/h7-13,27H,14H2,1-6H3,(H2,25,26)(H,29,32). The van der Waals surface area contributed by atoms with Gasteiger partial charge in [-0.15, -0.1) is 0 Å². The molecule has 32 heavy (non-hydrogen) atoms. The van der Waals surface area contributed by atoms with Gasteiger partial charge < -0.3 is 16.4 Å². The molecule has 2 aromatic heterocycles. The maximum Gasteiger partial charge on any atom is 0.269 e. The summed E-state index contributed by atoms with van der Waals surface area (Å²) in [5, 5.41) is 11.1. The second-order valence-corrected chi connectivity index (χ2v) is 8.42. The molecule has 0 fully saturated rings. The van der Waals surface area contributed by atoms with Crippen LogP contribution in [0.2, 0.25) is 0 Å². The second kappa shape index (κ2) is 9.21. The maximum absolute atomic E-state index is 12.6. The van der Waals surface area contributed by atoms with E-state index in [-0.39, 0.29) is 5.91 Å². The molecule has 4 N–H and O–H groups in total. The third-order valence-electron chi connectivity index (χ3n) is 5.34. The van der Waals surface area contributed by atoms with Crippen molar-refractivity contribution in [3.8, 4) is 11.3 Å². The molecule has 0 radical (unpaired) electrons. The number of nitrogens with one attached hydrogen (secondary N) is 2. The van der Waals surface area contributed by atoms with Crippen molar-refractivity contribution in [3.63, 3.8) is 0 Å². The van der Waals surface area contributed by atoms with Gasteiger partial charge in [-0.25, -0.2) is 4.68 Å². The second-order valence-electron chi connectivity index (χ2n) is 8.42. The molecule has 8 heteroatoms. The van der Waals surface area contributed by atoms with E-state index in [9.17, 15) is 4.79 Å². The van der Waals surface area contributed by atoms with Gasteiger partial charge in [0.05, 0.1) is 11.1 Å². The molecule has 0 aliphatic heterocycles. The van der Waals surface area contributed by atoms with E-state index >= 15 is 0 Å². The highest BCUT2D eigenvalue weighted by atomic mass is 16.1. The van der Waals surface area contributed by atoms with Crippen LogP contribution in [0.15, 0.2) is 47.6 Å². The molecule has 0 atom stereocenters. The lowest BCUT2D eigenvalue weighted by Crippen LogP contribution is -2.42. The molecule has 0 aliphatic carbocycles. The summed E-state index contributed by atoms with van der Waals surface area (Å²) in [7, 11) is 3.48. The molecular formula is C24H31N7O. The number of anilines is 1. The molecule has 8 nitrogen and oxygen atoms in total. The number of carbonyl (C=O) groups is 1. The Hall–Kier alpha value is -3.68. The molecule has 3 aromatic rings. The molecule has 0 saturated heterocycles. The molecule has 0 saturated carbocycles. The van der Waals surface area contributed by atoms with Crippen molar-refractivity contribution in [3.05, 3.63) is 65.0 Å². The summed E-state index contributed by atoms with van der Waals surface area (Å²) in [4.78, 5) is 21.0. The smallest absolute Gasteiger partial charge is 0.269 e. The molecule has 168 valence electrons. The number of aromatic nitrogens is 3. The van der Waals surface area contributed by atoms with Gasteiger partial charge >= 0.3 is 0 Å². The van der Waals surface area contributed by atoms with E-state index in [0.717, 1.165) is 33.8 Å². The van der Waals surface area contributed by atoms with Gasteiger partial charge in [-0.3, -0.25) is 14.8 Å². The third kappa shape index (κ3) is 4.64. The number of rotatable bonds is 7. The highest BCUT2D eigenvalue weighted by molar-refractivity contribution is 6.07. The summed E-state index contributed by atoms with van der Waals surface area (Å²) in [6, 6.07) is 11.7. The summed E-state index contributed by atoms with van der Waals surface area (Å²) >= 11 is 0. The van der Waals surface area contributed by atoms with Crippen molar-refractivity contribution in [1.29, 1.82) is 0 Å². The van der Waals surface area contributed by atoms with Crippen LogP contribution in [0.3, 0.4) is 0 Å². The van der Waals surface area contributed by atoms with Crippen LogP contribution in [0, 0.1) is 13.8 Å². The van der Waals surface area contributed by atoms with E-state index in [0.29, 0.717) is 18.1 Å². The fourth-order valence-corrected chi connectivity index (χ4v) is 3.42. The van der Waals surface area contributed by atoms with Gasteiger partial charge in [0.15, 0.2) is 0 Å². The third-order valence-corrected chi connectivity index (χ3v) is 5.34. The number of hydrogen-bond donors (Lipinski definition) is 3. The average Bonchev–Trinajstić information content (AvgIpc) is 3.18. The van der Waals surface area contributed by atoms with Crippen LogP contribution in [0.4, 0.5) is 5.82 Å². The van der Waals surface area contributed by atoms with Crippen molar-refractivity contribution in [2.45, 2.75) is 33.2 Å². The molecule has 2 heterocycles. The predicted molar refractivity (Wildman–Crippen MR) is 129 cm³/mol. The fourth-order valence-electron chi connectivity index (χ4n) is 3.42. The molecule has 0 aliphatic rings. The molecule has 0 unspecified atom stereocenters. The number of carbonyl (C=O) groups excluding carboxylic acids is 1. The Balaban J connectivity index is 1.98. The zero-order valence-electron chi connectivity index (χ0n) is 19.5. The van der Waals surface area contributed by atoms with E-state index in [1.807, 2.05) is 69.8 Å². The van der Waals surface area contributed by atoms with Crippen LogP contribution >= 0.6 is 0 Å². The van der Waals surface area contributed by atoms with E-state index < -0.39 is 5.54 Å². The first kappa shape index (κ1) is 23.0. The van der Waals surface area contributed by atoms with Gasteiger partial charge in [0.25, 0.3) is 5.91 Å². The predicted octanol–water partition coefficient (Wildman–Crippen LogP) is 3.10. The summed E-state index contributed by atoms with van der Waals surface area (Å²) in [6.45, 7) is 8.33. The lowest BCUT2D eigenvalue weighted by atomic mass is 10.0. The first-order valence-electron chi connectivity index (χ1n) is 10.5. The number of amides is 1. The highest BCUT2D eigenvalue weighted by Crippen LogP contribution is 2.32. The van der Waals surface area contributed by atoms with Gasteiger partial charge in [0, 0.05) is 32.4 Å². The Morgan fingerprint density at radius 3 is 2.34 bits per heavy atom. The van der Waals surface area contributed by atoms with Crippen LogP contribution in [0.25, 0.3) is 11.3 Å². The van der Waals surface area contributed by atoms with Crippen LogP contribution < -0.4 is 16.4 Å². The molecule has 0 bridgehead atoms. The lowest BCUT2D eigenvalue weighted by Gasteiger charge is -2.28. The summed E-state index contributed by atoms with van der Waals surface area (Å²) in [6.07, 6.45) is 1.68. The minimum Gasteiger partial charge on any atom is -0.383 e. The topological polar surface area (TPSA) is 110 Å². The first-order chi connectivity index (χ1) is 15.2. The largest absolute Gasteiger partial charge is 0.383 e. The molecule has 0 spiro atoms. The average molecular weight is 434 g/mol. The van der Waals surface area contributed by atoms with Crippen LogP contribution in [0.5, 0.6) is 0 Å². The highest BCUT2D eigenvalue weighted by Gasteiger charge is 2.30. The van der Waals surface area contributed by atoms with Crippen molar-refractivity contribution >= 4 is 17.6 Å². The van der Waals surface area contributed by atoms with Gasteiger partial charge in [0.1, 0.15) is 23.0 Å². The summed E-state index contributed by atoms with van der Waals surface area (Å²) in [5.74, 6) is 0.890. The van der Waals surface area contributed by atoms with E-state index in [2.05, 4.69) is 20.6 Å². The van der Waals surface area contributed by atoms with Gasteiger partial charge in [-0.1, -0.05) is 35.9 Å². The van der Waals surface area contributed by atoms with Crippen molar-refractivity contribution in [1.82, 2.24) is 20.1 Å². The zero-order valence-corrected chi connectivity index (χ0v) is 19.5. The monoisotopic (exact) mass is 433 g/mol. The Kier molecular flexibility index (Phi) is 6.62. The number of nitrogens with zero attached hydrogens (tertiary/aromatic N) is 4. The Labute approximate surface area is 189 Å². The number of hydrogen-bond acceptors (Lipinski definition) is 5. The van der Waals surface area contributed by atoms with Crippen LogP contribution in [0.1, 0.15) is 41.0 Å². The Bertz CT molecular complexity index is 1130. The van der Waals surface area contributed by atoms with Crippen molar-refractivity contribution in [2.24, 2.45) is 10.7 Å². The lowest BCUT2D eigenvalue weighted by molar-refractivity contribution is 0.0931. The van der Waals surface area contributed by atoms with Gasteiger partial charge in [-0.2, -0.15) is 5.10 Å². The number of pyridine rings is 1. The van der Waals surface area contributed by atoms with Crippen molar-refractivity contribution in [2.75, 3.05) is 26.0 Å². The van der Waals surface area contributed by atoms with E-state index in [4.69, 9.17) is 10.8 Å². The summed E-state index contributed by atoms with van der Waals surface area (Å²) in [5.41, 5.74) is 10.7. The number of amidine groups is 1. The molecule has 1 amide bonds. The van der Waals surface area contributed by atoms with Gasteiger partial charge in [-0.05, 0) is 39.3 Å². The Morgan fingerprint density at radius 1 is 1.12 bits per heavy atom.